The summed E-state index contributed by atoms with van der Waals surface area (Å²) in [5.41, 5.74) is 3.97. The van der Waals surface area contributed by atoms with Crippen molar-refractivity contribution in [2.45, 2.75) is 70.9 Å². The second kappa shape index (κ2) is 14.0. The molecule has 1 aromatic heterocycles. The third-order valence-electron chi connectivity index (χ3n) is 7.60. The van der Waals surface area contributed by atoms with Crippen molar-refractivity contribution in [1.29, 1.82) is 0 Å². The number of aryl methyl sites for hydroxylation is 1. The van der Waals surface area contributed by atoms with Crippen LogP contribution < -0.4 is 0 Å². The van der Waals surface area contributed by atoms with Crippen molar-refractivity contribution in [2.24, 2.45) is 0 Å². The molecular formula is C36H42N2O4. The van der Waals surface area contributed by atoms with E-state index in [4.69, 9.17) is 19.2 Å². The first-order valence-electron chi connectivity index (χ1n) is 15.0. The van der Waals surface area contributed by atoms with E-state index in [1.165, 1.54) is 16.3 Å². The Morgan fingerprint density at radius 2 is 1.69 bits per heavy atom. The molecule has 2 heterocycles. The van der Waals surface area contributed by atoms with Crippen LogP contribution in [-0.2, 0) is 33.8 Å². The van der Waals surface area contributed by atoms with Gasteiger partial charge < -0.3 is 19.1 Å². The van der Waals surface area contributed by atoms with Gasteiger partial charge >= 0.3 is 6.09 Å². The monoisotopic (exact) mass is 566 g/mol. The van der Waals surface area contributed by atoms with Crippen LogP contribution >= 0.6 is 0 Å². The van der Waals surface area contributed by atoms with Crippen LogP contribution in [-0.4, -0.2) is 47.4 Å². The molecule has 4 aromatic rings. The van der Waals surface area contributed by atoms with Gasteiger partial charge in [0.2, 0.25) is 0 Å². The highest BCUT2D eigenvalue weighted by atomic mass is 16.6. The molecule has 1 saturated heterocycles. The highest BCUT2D eigenvalue weighted by Gasteiger charge is 2.35. The van der Waals surface area contributed by atoms with Crippen molar-refractivity contribution >= 4 is 16.9 Å². The Bertz CT molecular complexity index is 1430. The SMILES string of the molecule is CC(C)(C)OC(=O)N1CCC(c2ccc(CCCOCc3ccccc3)nc2)C(OCc2ccc3ccccc3c2)C1. The van der Waals surface area contributed by atoms with Crippen LogP contribution in [0.4, 0.5) is 4.79 Å². The second-order valence-corrected chi connectivity index (χ2v) is 12.1. The van der Waals surface area contributed by atoms with Gasteiger partial charge in [-0.15, -0.1) is 0 Å². The lowest BCUT2D eigenvalue weighted by Crippen LogP contribution is -2.48. The Morgan fingerprint density at radius 3 is 2.45 bits per heavy atom. The fraction of sp³-hybridized carbons (Fsp3) is 0.389. The van der Waals surface area contributed by atoms with Crippen LogP contribution in [0.5, 0.6) is 0 Å². The third-order valence-corrected chi connectivity index (χ3v) is 7.60. The number of nitrogens with zero attached hydrogens (tertiary/aromatic N) is 2. The molecule has 0 aliphatic carbocycles. The maximum atomic E-state index is 12.9. The smallest absolute Gasteiger partial charge is 0.410 e. The minimum absolute atomic E-state index is 0.139. The number of carbonyl (C=O) groups excluding carboxylic acids is 1. The second-order valence-electron chi connectivity index (χ2n) is 12.1. The number of ether oxygens (including phenoxy) is 3. The van der Waals surface area contributed by atoms with E-state index in [1.54, 1.807) is 4.90 Å². The maximum absolute atomic E-state index is 12.9. The van der Waals surface area contributed by atoms with Crippen LogP contribution in [0.1, 0.15) is 61.9 Å². The van der Waals surface area contributed by atoms with Crippen LogP contribution in [0.3, 0.4) is 0 Å². The van der Waals surface area contributed by atoms with Gasteiger partial charge in [-0.2, -0.15) is 0 Å². The quantitative estimate of drug-likeness (QED) is 0.184. The molecule has 220 valence electrons. The molecule has 3 aromatic carbocycles. The number of benzene rings is 3. The van der Waals surface area contributed by atoms with E-state index >= 15 is 0 Å². The van der Waals surface area contributed by atoms with Gasteiger partial charge in [-0.25, -0.2) is 4.79 Å². The Morgan fingerprint density at radius 1 is 0.905 bits per heavy atom. The number of rotatable bonds is 10. The van der Waals surface area contributed by atoms with Gasteiger partial charge in [-0.05, 0) is 79.6 Å². The molecule has 1 aliphatic rings. The summed E-state index contributed by atoms with van der Waals surface area (Å²) < 4.78 is 18.1. The van der Waals surface area contributed by atoms with E-state index < -0.39 is 5.60 Å². The van der Waals surface area contributed by atoms with Gasteiger partial charge in [0.05, 0.1) is 25.9 Å². The third kappa shape index (κ3) is 8.40. The molecule has 5 rings (SSSR count). The average Bonchev–Trinajstić information content (AvgIpc) is 2.99. The molecule has 0 N–H and O–H groups in total. The van der Waals surface area contributed by atoms with E-state index in [0.29, 0.717) is 32.9 Å². The lowest BCUT2D eigenvalue weighted by molar-refractivity contribution is -0.0360. The van der Waals surface area contributed by atoms with Crippen molar-refractivity contribution in [3.05, 3.63) is 114 Å². The lowest BCUT2D eigenvalue weighted by atomic mass is 9.87. The number of amides is 1. The Hall–Kier alpha value is -3.74. The number of carbonyl (C=O) groups is 1. The number of hydrogen-bond donors (Lipinski definition) is 0. The van der Waals surface area contributed by atoms with E-state index in [9.17, 15) is 4.79 Å². The molecule has 6 heteroatoms. The first kappa shape index (κ1) is 29.7. The number of likely N-dealkylation sites (tertiary alicyclic amines) is 1. The van der Waals surface area contributed by atoms with Crippen LogP contribution in [0.25, 0.3) is 10.8 Å². The van der Waals surface area contributed by atoms with E-state index in [0.717, 1.165) is 36.1 Å². The molecule has 0 radical (unpaired) electrons. The molecule has 0 spiro atoms. The van der Waals surface area contributed by atoms with E-state index in [2.05, 4.69) is 66.7 Å². The Labute approximate surface area is 249 Å². The predicted octanol–water partition coefficient (Wildman–Crippen LogP) is 7.69. The van der Waals surface area contributed by atoms with Gasteiger partial charge in [0.15, 0.2) is 0 Å². The lowest BCUT2D eigenvalue weighted by Gasteiger charge is -2.39. The molecule has 0 saturated carbocycles. The summed E-state index contributed by atoms with van der Waals surface area (Å²) in [4.78, 5) is 19.5. The zero-order valence-corrected chi connectivity index (χ0v) is 25.0. The molecule has 2 unspecified atom stereocenters. The van der Waals surface area contributed by atoms with Crippen molar-refractivity contribution in [3.8, 4) is 0 Å². The summed E-state index contributed by atoms with van der Waals surface area (Å²) in [5.74, 6) is 0.139. The van der Waals surface area contributed by atoms with Crippen LogP contribution in [0, 0.1) is 0 Å². The molecule has 1 fully saturated rings. The average molecular weight is 567 g/mol. The molecule has 0 bridgehead atoms. The normalized spacial score (nSPS) is 17.4. The first-order chi connectivity index (χ1) is 20.3. The zero-order chi connectivity index (χ0) is 29.4. The summed E-state index contributed by atoms with van der Waals surface area (Å²) >= 11 is 0. The van der Waals surface area contributed by atoms with Crippen molar-refractivity contribution in [3.63, 3.8) is 0 Å². The predicted molar refractivity (Wildman–Crippen MR) is 166 cm³/mol. The summed E-state index contributed by atoms with van der Waals surface area (Å²) in [6.45, 7) is 8.60. The minimum Gasteiger partial charge on any atom is -0.444 e. The minimum atomic E-state index is -0.540. The molecule has 42 heavy (non-hydrogen) atoms. The summed E-state index contributed by atoms with van der Waals surface area (Å²) in [6.07, 6.45) is 4.11. The van der Waals surface area contributed by atoms with E-state index in [1.807, 2.05) is 45.2 Å². The molecule has 2 atom stereocenters. The van der Waals surface area contributed by atoms with Gasteiger partial charge in [-0.3, -0.25) is 4.98 Å². The van der Waals surface area contributed by atoms with Crippen molar-refractivity contribution in [2.75, 3.05) is 19.7 Å². The van der Waals surface area contributed by atoms with Crippen LogP contribution in [0.2, 0.25) is 0 Å². The highest BCUT2D eigenvalue weighted by molar-refractivity contribution is 5.82. The number of hydrogen-bond acceptors (Lipinski definition) is 5. The number of aromatic nitrogens is 1. The molecule has 1 amide bonds. The zero-order valence-electron chi connectivity index (χ0n) is 25.0. The van der Waals surface area contributed by atoms with E-state index in [-0.39, 0.29) is 18.1 Å². The molecule has 6 nitrogen and oxygen atoms in total. The molecule has 1 aliphatic heterocycles. The van der Waals surface area contributed by atoms with Crippen molar-refractivity contribution in [1.82, 2.24) is 9.88 Å². The molecular weight excluding hydrogens is 524 g/mol. The topological polar surface area (TPSA) is 60.9 Å². The van der Waals surface area contributed by atoms with Gasteiger partial charge in [0, 0.05) is 31.0 Å². The summed E-state index contributed by atoms with van der Waals surface area (Å²) in [7, 11) is 0. The number of pyridine rings is 1. The Balaban J connectivity index is 1.21. The largest absolute Gasteiger partial charge is 0.444 e. The first-order valence-corrected chi connectivity index (χ1v) is 15.0. The number of piperidine rings is 1. The van der Waals surface area contributed by atoms with Gasteiger partial charge in [-0.1, -0.05) is 72.8 Å². The fourth-order valence-corrected chi connectivity index (χ4v) is 5.41. The van der Waals surface area contributed by atoms with Crippen molar-refractivity contribution < 1.29 is 19.0 Å². The van der Waals surface area contributed by atoms with Gasteiger partial charge in [0.25, 0.3) is 0 Å². The maximum Gasteiger partial charge on any atom is 0.410 e. The Kier molecular flexibility index (Phi) is 9.88. The van der Waals surface area contributed by atoms with Crippen LogP contribution in [0.15, 0.2) is 91.1 Å². The summed E-state index contributed by atoms with van der Waals surface area (Å²) in [6, 6.07) is 29.3. The van der Waals surface area contributed by atoms with Gasteiger partial charge in [0.1, 0.15) is 5.60 Å². The fourth-order valence-electron chi connectivity index (χ4n) is 5.41. The standard InChI is InChI=1S/C36H42N2O4/c1-36(2,3)42-35(39)38-20-19-33(34(24-38)41-26-28-15-16-29-12-7-8-13-30(29)22-28)31-17-18-32(37-23-31)14-9-21-40-25-27-10-5-4-6-11-27/h4-8,10-13,15-18,22-23,33-34H,9,14,19-21,24-26H2,1-3H3. The summed E-state index contributed by atoms with van der Waals surface area (Å²) in [5, 5.41) is 2.40. The highest BCUT2D eigenvalue weighted by Crippen LogP contribution is 2.32. The number of fused-ring (bicyclic) bond motifs is 1.